The molecule has 0 atom stereocenters. The molecule has 1 aromatic carbocycles. The number of rotatable bonds is 4. The Labute approximate surface area is 184 Å². The van der Waals surface area contributed by atoms with Crippen molar-refractivity contribution in [1.29, 1.82) is 0 Å². The van der Waals surface area contributed by atoms with Crippen LogP contribution in [0.15, 0.2) is 54.7 Å². The molecule has 0 bridgehead atoms. The SMILES string of the molecule is COc1ccc(-c2cc(-c3ccc(F)nc3)n3nc(C(=O)N4CCCCC4)cc3n2)cc1. The molecule has 7 nitrogen and oxygen atoms in total. The molecule has 1 amide bonds. The van der Waals surface area contributed by atoms with Gasteiger partial charge in [-0.15, -0.1) is 0 Å². The van der Waals surface area contributed by atoms with Crippen LogP contribution in [0.25, 0.3) is 28.2 Å². The predicted molar refractivity (Wildman–Crippen MR) is 118 cm³/mol. The summed E-state index contributed by atoms with van der Waals surface area (Å²) in [5.41, 5.74) is 3.83. The molecule has 0 saturated carbocycles. The Hall–Kier alpha value is -3.81. The predicted octanol–water partition coefficient (Wildman–Crippen LogP) is 4.23. The van der Waals surface area contributed by atoms with Gasteiger partial charge in [0.1, 0.15) is 5.75 Å². The second kappa shape index (κ2) is 8.37. The van der Waals surface area contributed by atoms with Crippen molar-refractivity contribution >= 4 is 11.6 Å². The summed E-state index contributed by atoms with van der Waals surface area (Å²) in [6.07, 6.45) is 4.61. The number of pyridine rings is 1. The molecule has 8 heteroatoms. The summed E-state index contributed by atoms with van der Waals surface area (Å²) in [6.45, 7) is 1.48. The monoisotopic (exact) mass is 431 g/mol. The van der Waals surface area contributed by atoms with Crippen molar-refractivity contribution in [3.05, 3.63) is 66.4 Å². The van der Waals surface area contributed by atoms with Crippen LogP contribution >= 0.6 is 0 Å². The lowest BCUT2D eigenvalue weighted by molar-refractivity contribution is 0.0718. The van der Waals surface area contributed by atoms with Crippen molar-refractivity contribution in [2.75, 3.05) is 20.2 Å². The van der Waals surface area contributed by atoms with Crippen LogP contribution in [-0.2, 0) is 0 Å². The van der Waals surface area contributed by atoms with Gasteiger partial charge in [0.05, 0.1) is 18.5 Å². The van der Waals surface area contributed by atoms with Crippen molar-refractivity contribution in [3.63, 3.8) is 0 Å². The highest BCUT2D eigenvalue weighted by atomic mass is 19.1. The van der Waals surface area contributed by atoms with Crippen LogP contribution in [0.2, 0.25) is 0 Å². The number of carbonyl (C=O) groups is 1. The zero-order valence-electron chi connectivity index (χ0n) is 17.7. The molecule has 0 radical (unpaired) electrons. The van der Waals surface area contributed by atoms with Gasteiger partial charge in [-0.25, -0.2) is 14.5 Å². The molecule has 32 heavy (non-hydrogen) atoms. The number of amides is 1. The van der Waals surface area contributed by atoms with Gasteiger partial charge in [-0.05, 0) is 61.7 Å². The van der Waals surface area contributed by atoms with Gasteiger partial charge in [-0.1, -0.05) is 0 Å². The number of benzene rings is 1. The minimum absolute atomic E-state index is 0.0932. The number of ether oxygens (including phenoxy) is 1. The first-order valence-corrected chi connectivity index (χ1v) is 10.6. The fourth-order valence-corrected chi connectivity index (χ4v) is 3.98. The Balaban J connectivity index is 1.63. The second-order valence-electron chi connectivity index (χ2n) is 7.78. The van der Waals surface area contributed by atoms with E-state index in [0.29, 0.717) is 28.3 Å². The van der Waals surface area contributed by atoms with Gasteiger partial charge in [0, 0.05) is 36.5 Å². The number of aromatic nitrogens is 4. The summed E-state index contributed by atoms with van der Waals surface area (Å²) in [4.78, 5) is 23.4. The van der Waals surface area contributed by atoms with E-state index in [4.69, 9.17) is 9.72 Å². The van der Waals surface area contributed by atoms with E-state index in [-0.39, 0.29) is 5.91 Å². The molecule has 0 N–H and O–H groups in total. The largest absolute Gasteiger partial charge is 0.497 e. The quantitative estimate of drug-likeness (QED) is 0.452. The van der Waals surface area contributed by atoms with Crippen molar-refractivity contribution in [2.24, 2.45) is 0 Å². The first-order valence-electron chi connectivity index (χ1n) is 10.6. The maximum absolute atomic E-state index is 13.4. The number of nitrogens with zero attached hydrogens (tertiary/aromatic N) is 5. The molecule has 1 saturated heterocycles. The van der Waals surface area contributed by atoms with E-state index >= 15 is 0 Å². The molecule has 1 aliphatic heterocycles. The van der Waals surface area contributed by atoms with E-state index in [1.807, 2.05) is 35.2 Å². The summed E-state index contributed by atoms with van der Waals surface area (Å²) in [5.74, 6) is 0.0943. The number of likely N-dealkylation sites (tertiary alicyclic amines) is 1. The number of methoxy groups -OCH3 is 1. The fraction of sp³-hybridized carbons (Fsp3) is 0.250. The maximum Gasteiger partial charge on any atom is 0.274 e. The molecule has 162 valence electrons. The van der Waals surface area contributed by atoms with E-state index in [9.17, 15) is 9.18 Å². The van der Waals surface area contributed by atoms with Crippen molar-refractivity contribution in [3.8, 4) is 28.3 Å². The molecular weight excluding hydrogens is 409 g/mol. The summed E-state index contributed by atoms with van der Waals surface area (Å²) >= 11 is 0. The van der Waals surface area contributed by atoms with Crippen molar-refractivity contribution in [2.45, 2.75) is 19.3 Å². The van der Waals surface area contributed by atoms with Gasteiger partial charge < -0.3 is 9.64 Å². The van der Waals surface area contributed by atoms with Gasteiger partial charge in [-0.3, -0.25) is 4.79 Å². The third-order valence-corrected chi connectivity index (χ3v) is 5.70. The van der Waals surface area contributed by atoms with Crippen LogP contribution in [0.5, 0.6) is 5.75 Å². The molecule has 0 spiro atoms. The smallest absolute Gasteiger partial charge is 0.274 e. The third-order valence-electron chi connectivity index (χ3n) is 5.70. The Kier molecular flexibility index (Phi) is 5.26. The van der Waals surface area contributed by atoms with Crippen LogP contribution in [-0.4, -0.2) is 50.6 Å². The average Bonchev–Trinajstić information content (AvgIpc) is 3.28. The van der Waals surface area contributed by atoms with E-state index in [0.717, 1.165) is 43.7 Å². The van der Waals surface area contributed by atoms with Gasteiger partial charge in [-0.2, -0.15) is 9.49 Å². The van der Waals surface area contributed by atoms with E-state index in [1.165, 1.54) is 12.3 Å². The number of piperidine rings is 1. The topological polar surface area (TPSA) is 72.6 Å². The highest BCUT2D eigenvalue weighted by Gasteiger charge is 2.22. The lowest BCUT2D eigenvalue weighted by Gasteiger charge is -2.25. The van der Waals surface area contributed by atoms with Crippen LogP contribution < -0.4 is 4.74 Å². The van der Waals surface area contributed by atoms with Crippen LogP contribution in [0.4, 0.5) is 4.39 Å². The van der Waals surface area contributed by atoms with Gasteiger partial charge in [0.25, 0.3) is 5.91 Å². The first-order chi connectivity index (χ1) is 15.6. The summed E-state index contributed by atoms with van der Waals surface area (Å²) < 4.78 is 20.3. The van der Waals surface area contributed by atoms with Crippen LogP contribution in [0.3, 0.4) is 0 Å². The lowest BCUT2D eigenvalue weighted by Crippen LogP contribution is -2.35. The minimum Gasteiger partial charge on any atom is -0.497 e. The molecule has 1 aliphatic rings. The van der Waals surface area contributed by atoms with Gasteiger partial charge in [0.2, 0.25) is 5.95 Å². The zero-order chi connectivity index (χ0) is 22.1. The average molecular weight is 431 g/mol. The van der Waals surface area contributed by atoms with Crippen LogP contribution in [0.1, 0.15) is 29.8 Å². The normalized spacial score (nSPS) is 14.0. The molecule has 4 aromatic rings. The van der Waals surface area contributed by atoms with Gasteiger partial charge in [0.15, 0.2) is 11.3 Å². The van der Waals surface area contributed by atoms with Crippen molar-refractivity contribution in [1.82, 2.24) is 24.5 Å². The second-order valence-corrected chi connectivity index (χ2v) is 7.78. The maximum atomic E-state index is 13.4. The third kappa shape index (κ3) is 3.79. The molecule has 0 unspecified atom stereocenters. The Morgan fingerprint density at radius 2 is 1.75 bits per heavy atom. The molecule has 5 rings (SSSR count). The standard InChI is InChI=1S/C24H22FN5O2/c1-32-18-8-5-16(6-9-18)19-13-21(17-7-10-22(25)26-15-17)30-23(27-19)14-20(28-30)24(31)29-11-3-2-4-12-29/h5-10,13-15H,2-4,11-12H2,1H3. The first kappa shape index (κ1) is 20.1. The number of hydrogen-bond donors (Lipinski definition) is 0. The van der Waals surface area contributed by atoms with Crippen LogP contribution in [0, 0.1) is 5.95 Å². The van der Waals surface area contributed by atoms with E-state index in [1.54, 1.807) is 23.8 Å². The number of hydrogen-bond acceptors (Lipinski definition) is 5. The Morgan fingerprint density at radius 1 is 1.00 bits per heavy atom. The number of carbonyl (C=O) groups excluding carboxylic acids is 1. The summed E-state index contributed by atoms with van der Waals surface area (Å²) in [5, 5.41) is 4.57. The van der Waals surface area contributed by atoms with Crippen molar-refractivity contribution < 1.29 is 13.9 Å². The summed E-state index contributed by atoms with van der Waals surface area (Å²) in [7, 11) is 1.62. The molecule has 0 aliphatic carbocycles. The lowest BCUT2D eigenvalue weighted by atomic mass is 10.1. The molecule has 1 fully saturated rings. The highest BCUT2D eigenvalue weighted by Crippen LogP contribution is 2.28. The van der Waals surface area contributed by atoms with E-state index in [2.05, 4.69) is 10.1 Å². The fourth-order valence-electron chi connectivity index (χ4n) is 3.98. The molecular formula is C24H22FN5O2. The zero-order valence-corrected chi connectivity index (χ0v) is 17.7. The number of halogens is 1. The van der Waals surface area contributed by atoms with Gasteiger partial charge >= 0.3 is 0 Å². The molecule has 4 heterocycles. The minimum atomic E-state index is -0.559. The Morgan fingerprint density at radius 3 is 2.44 bits per heavy atom. The number of fused-ring (bicyclic) bond motifs is 1. The summed E-state index contributed by atoms with van der Waals surface area (Å²) in [6, 6.07) is 14.1. The highest BCUT2D eigenvalue weighted by molar-refractivity contribution is 5.93. The molecule has 3 aromatic heterocycles. The Bertz CT molecular complexity index is 1260. The van der Waals surface area contributed by atoms with E-state index < -0.39 is 5.95 Å².